The molecule has 0 aliphatic heterocycles. The smallest absolute Gasteiger partial charge is 0.404 e. The van der Waals surface area contributed by atoms with Crippen LogP contribution in [0.3, 0.4) is 0 Å². The Morgan fingerprint density at radius 1 is 1.12 bits per heavy atom. The number of nitrogens with zero attached hydrogens (tertiary/aromatic N) is 5. The molecule has 4 rings (SSSR count). The Bertz CT molecular complexity index is 1290. The van der Waals surface area contributed by atoms with Crippen LogP contribution in [0.15, 0.2) is 59.7 Å². The highest BCUT2D eigenvalue weighted by atomic mass is 35.5. The van der Waals surface area contributed by atoms with Crippen LogP contribution >= 0.6 is 11.6 Å². The molecule has 13 heteroatoms. The second kappa shape index (κ2) is 9.28. The SMILES string of the molecule is O=c1c(Nc2ccc(OC(F)(F)F)c(Cl)c2)nccn1-c1ccc(CCc2nn[nH]n2)cc1. The van der Waals surface area contributed by atoms with E-state index in [0.29, 0.717) is 24.4 Å². The van der Waals surface area contributed by atoms with Gasteiger partial charge in [-0.25, -0.2) is 4.98 Å². The predicted octanol–water partition coefficient (Wildman–Crippen LogP) is 3.83. The number of hydrogen-bond acceptors (Lipinski definition) is 7. The second-order valence-electron chi connectivity index (χ2n) is 6.76. The molecule has 2 aromatic carbocycles. The Labute approximate surface area is 189 Å². The van der Waals surface area contributed by atoms with Gasteiger partial charge < -0.3 is 10.1 Å². The highest BCUT2D eigenvalue weighted by Crippen LogP contribution is 2.32. The van der Waals surface area contributed by atoms with Gasteiger partial charge in [0.2, 0.25) is 0 Å². The first-order chi connectivity index (χ1) is 15.8. The summed E-state index contributed by atoms with van der Waals surface area (Å²) in [7, 11) is 0. The molecule has 4 aromatic rings. The second-order valence-corrected chi connectivity index (χ2v) is 7.17. The first kappa shape index (κ1) is 22.3. The van der Waals surface area contributed by atoms with E-state index in [1.54, 1.807) is 12.1 Å². The number of aryl methyl sites for hydroxylation is 2. The minimum atomic E-state index is -4.87. The van der Waals surface area contributed by atoms with Crippen molar-refractivity contribution in [3.8, 4) is 11.4 Å². The number of rotatable bonds is 7. The highest BCUT2D eigenvalue weighted by molar-refractivity contribution is 6.32. The largest absolute Gasteiger partial charge is 0.573 e. The van der Waals surface area contributed by atoms with Crippen molar-refractivity contribution in [1.29, 1.82) is 0 Å². The molecule has 0 radical (unpaired) electrons. The first-order valence-electron chi connectivity index (χ1n) is 9.50. The van der Waals surface area contributed by atoms with Crippen molar-refractivity contribution in [2.24, 2.45) is 0 Å². The Morgan fingerprint density at radius 2 is 1.91 bits per heavy atom. The summed E-state index contributed by atoms with van der Waals surface area (Å²) >= 11 is 5.86. The molecule has 0 bridgehead atoms. The number of anilines is 2. The summed E-state index contributed by atoms with van der Waals surface area (Å²) in [6, 6.07) is 10.9. The number of benzene rings is 2. The van der Waals surface area contributed by atoms with Crippen molar-refractivity contribution >= 4 is 23.1 Å². The third-order valence-corrected chi connectivity index (χ3v) is 4.80. The monoisotopic (exact) mass is 477 g/mol. The Kier molecular flexibility index (Phi) is 6.27. The average Bonchev–Trinajstić information content (AvgIpc) is 3.29. The van der Waals surface area contributed by atoms with Gasteiger partial charge in [-0.3, -0.25) is 9.36 Å². The van der Waals surface area contributed by atoms with Crippen molar-refractivity contribution in [2.75, 3.05) is 5.32 Å². The van der Waals surface area contributed by atoms with Gasteiger partial charge in [0.15, 0.2) is 11.6 Å². The van der Waals surface area contributed by atoms with Crippen LogP contribution in [-0.4, -0.2) is 36.5 Å². The van der Waals surface area contributed by atoms with Crippen LogP contribution in [0, 0.1) is 0 Å². The number of tetrazole rings is 1. The molecule has 0 spiro atoms. The van der Waals surface area contributed by atoms with E-state index in [4.69, 9.17) is 11.6 Å². The lowest BCUT2D eigenvalue weighted by atomic mass is 10.1. The molecule has 2 N–H and O–H groups in total. The summed E-state index contributed by atoms with van der Waals surface area (Å²) in [5.74, 6) is 0.0325. The number of alkyl halides is 3. The van der Waals surface area contributed by atoms with E-state index >= 15 is 0 Å². The summed E-state index contributed by atoms with van der Waals surface area (Å²) in [4.78, 5) is 16.9. The molecule has 0 unspecified atom stereocenters. The van der Waals surface area contributed by atoms with Gasteiger partial charge in [0.25, 0.3) is 5.56 Å². The number of halogens is 4. The highest BCUT2D eigenvalue weighted by Gasteiger charge is 2.32. The van der Waals surface area contributed by atoms with E-state index < -0.39 is 17.7 Å². The number of H-pyrrole nitrogens is 1. The Morgan fingerprint density at radius 3 is 2.58 bits per heavy atom. The molecule has 2 aromatic heterocycles. The van der Waals surface area contributed by atoms with E-state index in [1.165, 1.54) is 29.1 Å². The molecule has 0 fully saturated rings. The summed E-state index contributed by atoms with van der Waals surface area (Å²) in [5.41, 5.74) is 1.46. The van der Waals surface area contributed by atoms with Crippen molar-refractivity contribution in [2.45, 2.75) is 19.2 Å². The standard InChI is InChI=1S/C20H15ClF3N7O2/c21-15-11-13(4-7-16(15)33-20(22,23)24)26-18-19(32)31(10-9-25-18)14-5-1-12(2-6-14)3-8-17-27-29-30-28-17/h1-2,4-7,9-11H,3,8H2,(H,25,26)(H,27,28,29,30). The summed E-state index contributed by atoms with van der Waals surface area (Å²) in [6.45, 7) is 0. The van der Waals surface area contributed by atoms with E-state index in [9.17, 15) is 18.0 Å². The third kappa shape index (κ3) is 5.66. The molecule has 9 nitrogen and oxygen atoms in total. The van der Waals surface area contributed by atoms with Crippen LogP contribution in [-0.2, 0) is 12.8 Å². The predicted molar refractivity (Wildman–Crippen MR) is 113 cm³/mol. The maximum Gasteiger partial charge on any atom is 0.573 e. The van der Waals surface area contributed by atoms with Gasteiger partial charge in [0, 0.05) is 30.2 Å². The van der Waals surface area contributed by atoms with Gasteiger partial charge in [-0.2, -0.15) is 5.21 Å². The fourth-order valence-electron chi connectivity index (χ4n) is 2.99. The van der Waals surface area contributed by atoms with Gasteiger partial charge in [0.1, 0.15) is 5.75 Å². The lowest BCUT2D eigenvalue weighted by Gasteiger charge is -2.13. The number of aromatic nitrogens is 6. The third-order valence-electron chi connectivity index (χ3n) is 4.50. The number of hydrogen-bond donors (Lipinski definition) is 2. The molecule has 0 saturated heterocycles. The lowest BCUT2D eigenvalue weighted by molar-refractivity contribution is -0.274. The molecule has 2 heterocycles. The minimum absolute atomic E-state index is 0.0285. The van der Waals surface area contributed by atoms with Gasteiger partial charge in [0.05, 0.1) is 5.02 Å². The molecular formula is C20H15ClF3N7O2. The van der Waals surface area contributed by atoms with Gasteiger partial charge >= 0.3 is 6.36 Å². The number of nitrogens with one attached hydrogen (secondary N) is 2. The van der Waals surface area contributed by atoms with Crippen LogP contribution in [0.5, 0.6) is 5.75 Å². The van der Waals surface area contributed by atoms with Crippen molar-refractivity contribution in [3.63, 3.8) is 0 Å². The number of ether oxygens (including phenoxy) is 1. The molecule has 0 saturated carbocycles. The Balaban J connectivity index is 1.50. The summed E-state index contributed by atoms with van der Waals surface area (Å²) in [5, 5.41) is 16.2. The molecule has 33 heavy (non-hydrogen) atoms. The topological polar surface area (TPSA) is 111 Å². The minimum Gasteiger partial charge on any atom is -0.404 e. The van der Waals surface area contributed by atoms with Gasteiger partial charge in [-0.15, -0.1) is 23.4 Å². The zero-order valence-corrected chi connectivity index (χ0v) is 17.4. The zero-order chi connectivity index (χ0) is 23.4. The van der Waals surface area contributed by atoms with Gasteiger partial charge in [-0.05, 0) is 42.3 Å². The zero-order valence-electron chi connectivity index (χ0n) is 16.7. The summed E-state index contributed by atoms with van der Waals surface area (Å²) < 4.78 is 42.4. The van der Waals surface area contributed by atoms with Crippen LogP contribution in [0.4, 0.5) is 24.7 Å². The maximum atomic E-state index is 12.9. The van der Waals surface area contributed by atoms with E-state index in [-0.39, 0.29) is 16.5 Å². The van der Waals surface area contributed by atoms with E-state index in [1.807, 2.05) is 12.1 Å². The maximum absolute atomic E-state index is 12.9. The Hall–Kier alpha value is -3.93. The van der Waals surface area contributed by atoms with Crippen LogP contribution in [0.2, 0.25) is 5.02 Å². The molecule has 0 atom stereocenters. The van der Waals surface area contributed by atoms with Crippen molar-refractivity contribution < 1.29 is 17.9 Å². The normalized spacial score (nSPS) is 11.4. The fourth-order valence-corrected chi connectivity index (χ4v) is 3.21. The van der Waals surface area contributed by atoms with Crippen LogP contribution < -0.4 is 15.6 Å². The number of aromatic amines is 1. The van der Waals surface area contributed by atoms with E-state index in [2.05, 4.69) is 35.7 Å². The molecule has 0 amide bonds. The van der Waals surface area contributed by atoms with Crippen LogP contribution in [0.1, 0.15) is 11.4 Å². The van der Waals surface area contributed by atoms with Crippen LogP contribution in [0.25, 0.3) is 5.69 Å². The molecule has 0 aliphatic carbocycles. The van der Waals surface area contributed by atoms with E-state index in [0.717, 1.165) is 11.6 Å². The van der Waals surface area contributed by atoms with Crippen molar-refractivity contribution in [1.82, 2.24) is 30.2 Å². The van der Waals surface area contributed by atoms with Crippen molar-refractivity contribution in [3.05, 3.63) is 81.6 Å². The fraction of sp³-hybridized carbons (Fsp3) is 0.150. The first-order valence-corrected chi connectivity index (χ1v) is 9.88. The molecule has 170 valence electrons. The lowest BCUT2D eigenvalue weighted by Crippen LogP contribution is -2.21. The van der Waals surface area contributed by atoms with Gasteiger partial charge in [-0.1, -0.05) is 28.9 Å². The molecular weight excluding hydrogens is 463 g/mol. The molecule has 0 aliphatic rings. The quantitative estimate of drug-likeness (QED) is 0.416. The summed E-state index contributed by atoms with van der Waals surface area (Å²) in [6.07, 6.45) is -0.608. The average molecular weight is 478 g/mol.